The fourth-order valence-corrected chi connectivity index (χ4v) is 4.94. The predicted octanol–water partition coefficient (Wildman–Crippen LogP) is 4.28. The lowest BCUT2D eigenvalue weighted by atomic mass is 10.1. The zero-order chi connectivity index (χ0) is 22.4. The molecule has 0 saturated carbocycles. The number of nitrogens with zero attached hydrogens (tertiary/aromatic N) is 1. The van der Waals surface area contributed by atoms with Gasteiger partial charge in [0.15, 0.2) is 0 Å². The van der Waals surface area contributed by atoms with E-state index in [0.717, 1.165) is 16.7 Å². The molecule has 4 rings (SSSR count). The zero-order valence-electron chi connectivity index (χ0n) is 17.4. The lowest BCUT2D eigenvalue weighted by molar-refractivity contribution is -0.111. The van der Waals surface area contributed by atoms with Crippen LogP contribution in [0.3, 0.4) is 0 Å². The van der Waals surface area contributed by atoms with Crippen LogP contribution in [-0.4, -0.2) is 26.6 Å². The van der Waals surface area contributed by atoms with E-state index in [2.05, 4.69) is 17.2 Å². The molecule has 1 amide bonds. The highest BCUT2D eigenvalue weighted by Crippen LogP contribution is 2.24. The predicted molar refractivity (Wildman–Crippen MR) is 129 cm³/mol. The van der Waals surface area contributed by atoms with Gasteiger partial charge in [-0.2, -0.15) is 0 Å². The molecule has 0 spiro atoms. The number of hydrogen-bond acceptors (Lipinski definition) is 3. The first-order chi connectivity index (χ1) is 15.5. The van der Waals surface area contributed by atoms with Crippen molar-refractivity contribution >= 4 is 33.4 Å². The van der Waals surface area contributed by atoms with E-state index in [1.807, 2.05) is 54.6 Å². The van der Waals surface area contributed by atoms with Crippen molar-refractivity contribution < 1.29 is 13.2 Å². The number of carbonyl (C=O) groups is 1. The number of rotatable bonds is 4. The Morgan fingerprint density at radius 3 is 2.34 bits per heavy atom. The lowest BCUT2D eigenvalue weighted by Crippen LogP contribution is -2.24. The van der Waals surface area contributed by atoms with Crippen LogP contribution in [0, 0.1) is 11.8 Å². The van der Waals surface area contributed by atoms with E-state index in [0.29, 0.717) is 24.3 Å². The highest BCUT2D eigenvalue weighted by Gasteiger charge is 2.28. The van der Waals surface area contributed by atoms with E-state index in [1.54, 1.807) is 30.3 Å². The molecule has 0 aromatic heterocycles. The second-order valence-corrected chi connectivity index (χ2v) is 9.37. The van der Waals surface area contributed by atoms with Gasteiger partial charge in [-0.3, -0.25) is 9.10 Å². The molecule has 0 atom stereocenters. The first-order valence-corrected chi connectivity index (χ1v) is 11.9. The Labute approximate surface area is 188 Å². The van der Waals surface area contributed by atoms with Crippen LogP contribution in [0.2, 0.25) is 0 Å². The Morgan fingerprint density at radius 1 is 0.906 bits per heavy atom. The smallest absolute Gasteiger partial charge is 0.248 e. The van der Waals surface area contributed by atoms with Gasteiger partial charge < -0.3 is 5.32 Å². The Bertz CT molecular complexity index is 1300. The van der Waals surface area contributed by atoms with Gasteiger partial charge in [0.2, 0.25) is 15.9 Å². The molecule has 1 saturated heterocycles. The number of carbonyl (C=O) groups excluding carboxylic acids is 1. The first kappa shape index (κ1) is 21.4. The molecule has 160 valence electrons. The number of sulfonamides is 1. The van der Waals surface area contributed by atoms with Crippen molar-refractivity contribution in [3.63, 3.8) is 0 Å². The molecule has 1 heterocycles. The van der Waals surface area contributed by atoms with Gasteiger partial charge in [-0.25, -0.2) is 8.42 Å². The molecule has 3 aromatic carbocycles. The van der Waals surface area contributed by atoms with Gasteiger partial charge in [-0.05, 0) is 60.5 Å². The summed E-state index contributed by atoms with van der Waals surface area (Å²) in [6, 6.07) is 24.2. The molecule has 0 radical (unpaired) electrons. The van der Waals surface area contributed by atoms with E-state index >= 15 is 0 Å². The van der Waals surface area contributed by atoms with Gasteiger partial charge in [-0.1, -0.05) is 48.2 Å². The maximum Gasteiger partial charge on any atom is 0.248 e. The van der Waals surface area contributed by atoms with Crippen LogP contribution in [0.1, 0.15) is 23.1 Å². The quantitative estimate of drug-likeness (QED) is 0.485. The van der Waals surface area contributed by atoms with Gasteiger partial charge in [0.25, 0.3) is 0 Å². The van der Waals surface area contributed by atoms with Gasteiger partial charge in [0.1, 0.15) is 0 Å². The van der Waals surface area contributed by atoms with Crippen molar-refractivity contribution in [2.75, 3.05) is 21.9 Å². The van der Waals surface area contributed by atoms with Crippen LogP contribution in [0.15, 0.2) is 84.9 Å². The fourth-order valence-electron chi connectivity index (χ4n) is 3.38. The SMILES string of the molecule is O=C(/C=C/c1ccc(N2CCCS2(=O)=O)cc1)Nc1cccc(C#Cc2ccccc2)c1. The summed E-state index contributed by atoms with van der Waals surface area (Å²) >= 11 is 0. The maximum atomic E-state index is 12.3. The fraction of sp³-hybridized carbons (Fsp3) is 0.115. The Kier molecular flexibility index (Phi) is 6.39. The largest absolute Gasteiger partial charge is 0.322 e. The third kappa shape index (κ3) is 5.45. The standard InChI is InChI=1S/C26H22N2O3S/c29-26(17-14-22-12-15-25(16-13-22)28-18-5-19-32(28,30)31)27-24-9-4-8-23(20-24)11-10-21-6-2-1-3-7-21/h1-4,6-9,12-17,20H,5,18-19H2,(H,27,29)/b17-14+. The summed E-state index contributed by atoms with van der Waals surface area (Å²) in [6.07, 6.45) is 3.78. The van der Waals surface area contributed by atoms with Gasteiger partial charge in [-0.15, -0.1) is 0 Å². The van der Waals surface area contributed by atoms with Crippen LogP contribution in [0.4, 0.5) is 11.4 Å². The highest BCUT2D eigenvalue weighted by atomic mass is 32.2. The number of nitrogens with one attached hydrogen (secondary N) is 1. The summed E-state index contributed by atoms with van der Waals surface area (Å²) in [5.74, 6) is 6.13. The minimum Gasteiger partial charge on any atom is -0.322 e. The molecule has 6 heteroatoms. The Balaban J connectivity index is 1.38. The molecule has 3 aromatic rings. The molecule has 0 aliphatic carbocycles. The highest BCUT2D eigenvalue weighted by molar-refractivity contribution is 7.93. The molecular weight excluding hydrogens is 420 g/mol. The summed E-state index contributed by atoms with van der Waals surface area (Å²) < 4.78 is 25.5. The van der Waals surface area contributed by atoms with Crippen molar-refractivity contribution in [2.45, 2.75) is 6.42 Å². The normalized spacial score (nSPS) is 14.7. The second-order valence-electron chi connectivity index (χ2n) is 7.35. The number of hydrogen-bond donors (Lipinski definition) is 1. The summed E-state index contributed by atoms with van der Waals surface area (Å²) in [5.41, 5.74) is 3.86. The Hall–Kier alpha value is -3.82. The maximum absolute atomic E-state index is 12.3. The van der Waals surface area contributed by atoms with Crippen LogP contribution in [0.5, 0.6) is 0 Å². The third-order valence-electron chi connectivity index (χ3n) is 4.96. The molecule has 32 heavy (non-hydrogen) atoms. The lowest BCUT2D eigenvalue weighted by Gasteiger charge is -2.16. The molecule has 1 N–H and O–H groups in total. The minimum absolute atomic E-state index is 0.188. The monoisotopic (exact) mass is 442 g/mol. The van der Waals surface area contributed by atoms with Crippen molar-refractivity contribution in [1.29, 1.82) is 0 Å². The van der Waals surface area contributed by atoms with Crippen molar-refractivity contribution in [3.8, 4) is 11.8 Å². The van der Waals surface area contributed by atoms with Crippen LogP contribution in [0.25, 0.3) is 6.08 Å². The van der Waals surface area contributed by atoms with Gasteiger partial charge in [0.05, 0.1) is 11.4 Å². The minimum atomic E-state index is -3.20. The van der Waals surface area contributed by atoms with Crippen LogP contribution >= 0.6 is 0 Å². The summed E-state index contributed by atoms with van der Waals surface area (Å²) in [6.45, 7) is 0.509. The molecule has 0 unspecified atom stereocenters. The van der Waals surface area contributed by atoms with E-state index < -0.39 is 10.0 Å². The molecule has 1 aliphatic rings. The van der Waals surface area contributed by atoms with Crippen LogP contribution in [-0.2, 0) is 14.8 Å². The summed E-state index contributed by atoms with van der Waals surface area (Å²) in [5, 5.41) is 2.84. The van der Waals surface area contributed by atoms with Gasteiger partial charge >= 0.3 is 0 Å². The second kappa shape index (κ2) is 9.54. The van der Waals surface area contributed by atoms with Crippen molar-refractivity contribution in [3.05, 3.63) is 102 Å². The first-order valence-electron chi connectivity index (χ1n) is 10.3. The number of amides is 1. The van der Waals surface area contributed by atoms with Crippen molar-refractivity contribution in [1.82, 2.24) is 0 Å². The Morgan fingerprint density at radius 2 is 1.62 bits per heavy atom. The molecule has 1 fully saturated rings. The van der Waals surface area contributed by atoms with E-state index in [9.17, 15) is 13.2 Å². The summed E-state index contributed by atoms with van der Waals surface area (Å²) in [4.78, 5) is 12.3. The average molecular weight is 443 g/mol. The number of anilines is 2. The van der Waals surface area contributed by atoms with E-state index in [4.69, 9.17) is 0 Å². The molecule has 5 nitrogen and oxygen atoms in total. The molecular formula is C26H22N2O3S. The van der Waals surface area contributed by atoms with E-state index in [1.165, 1.54) is 10.4 Å². The molecule has 0 bridgehead atoms. The zero-order valence-corrected chi connectivity index (χ0v) is 18.2. The molecule has 1 aliphatic heterocycles. The topological polar surface area (TPSA) is 66.5 Å². The van der Waals surface area contributed by atoms with Crippen molar-refractivity contribution in [2.24, 2.45) is 0 Å². The third-order valence-corrected chi connectivity index (χ3v) is 6.83. The average Bonchev–Trinajstić information content (AvgIpc) is 3.16. The van der Waals surface area contributed by atoms with Gasteiger partial charge in [0, 0.05) is 29.4 Å². The van der Waals surface area contributed by atoms with Crippen LogP contribution < -0.4 is 9.62 Å². The summed E-state index contributed by atoms with van der Waals surface area (Å²) in [7, 11) is -3.20. The number of benzene rings is 3. The van der Waals surface area contributed by atoms with E-state index in [-0.39, 0.29) is 11.7 Å².